The maximum Gasteiger partial charge on any atom is 0.200 e. The van der Waals surface area contributed by atoms with E-state index in [1.54, 1.807) is 17.7 Å². The Hall–Kier alpha value is -3.26. The lowest BCUT2D eigenvalue weighted by Crippen LogP contribution is -2.00. The molecule has 0 fully saturated rings. The van der Waals surface area contributed by atoms with Gasteiger partial charge in [0.25, 0.3) is 0 Å². The third-order valence-corrected chi connectivity index (χ3v) is 5.79. The molecular weight excluding hydrogens is 412 g/mol. The number of rotatable bonds is 5. The van der Waals surface area contributed by atoms with Gasteiger partial charge in [0.1, 0.15) is 17.2 Å². The first-order valence-corrected chi connectivity index (χ1v) is 10.6. The first-order valence-electron chi connectivity index (χ1n) is 10.2. The van der Waals surface area contributed by atoms with E-state index in [4.69, 9.17) is 17.0 Å². The summed E-state index contributed by atoms with van der Waals surface area (Å²) in [7, 11) is 1.64. The SMILES string of the molecule is COc1ccc(-n2c(-c3cc(C(C)C)c(O)cc3O)n[nH]c2=S)c2cc(C(C)C)[nH]c12. The molecule has 0 spiro atoms. The molecule has 0 unspecified atom stereocenters. The van der Waals surface area contributed by atoms with Crippen molar-refractivity contribution in [2.75, 3.05) is 7.11 Å². The highest BCUT2D eigenvalue weighted by atomic mass is 32.1. The van der Waals surface area contributed by atoms with Crippen LogP contribution in [0.3, 0.4) is 0 Å². The summed E-state index contributed by atoms with van der Waals surface area (Å²) in [5, 5.41) is 29.1. The molecule has 8 heteroatoms. The molecule has 0 atom stereocenters. The Kier molecular flexibility index (Phi) is 5.26. The summed E-state index contributed by atoms with van der Waals surface area (Å²) in [4.78, 5) is 3.45. The Bertz CT molecular complexity index is 1330. The van der Waals surface area contributed by atoms with Crippen molar-refractivity contribution < 1.29 is 14.9 Å². The Labute approximate surface area is 185 Å². The van der Waals surface area contributed by atoms with Crippen LogP contribution in [0, 0.1) is 4.77 Å². The maximum atomic E-state index is 10.6. The van der Waals surface area contributed by atoms with Crippen molar-refractivity contribution in [1.29, 1.82) is 0 Å². The molecule has 0 saturated heterocycles. The molecule has 7 nitrogen and oxygen atoms in total. The topological polar surface area (TPSA) is 99.1 Å². The van der Waals surface area contributed by atoms with Crippen LogP contribution in [0.4, 0.5) is 0 Å². The molecule has 2 aromatic heterocycles. The lowest BCUT2D eigenvalue weighted by Gasteiger charge is -2.14. The van der Waals surface area contributed by atoms with E-state index in [0.717, 1.165) is 33.6 Å². The lowest BCUT2D eigenvalue weighted by atomic mass is 9.98. The maximum absolute atomic E-state index is 10.6. The van der Waals surface area contributed by atoms with Gasteiger partial charge in [-0.05, 0) is 53.9 Å². The van der Waals surface area contributed by atoms with Crippen LogP contribution < -0.4 is 4.74 Å². The molecule has 0 aliphatic rings. The molecule has 0 aliphatic carbocycles. The average molecular weight is 439 g/mol. The van der Waals surface area contributed by atoms with E-state index in [2.05, 4.69) is 35.1 Å². The largest absolute Gasteiger partial charge is 0.508 e. The van der Waals surface area contributed by atoms with Gasteiger partial charge in [-0.3, -0.25) is 9.67 Å². The minimum absolute atomic E-state index is 0.0518. The van der Waals surface area contributed by atoms with Crippen LogP contribution in [0.25, 0.3) is 28.0 Å². The highest BCUT2D eigenvalue weighted by Gasteiger charge is 2.21. The number of aromatic nitrogens is 4. The van der Waals surface area contributed by atoms with Crippen LogP contribution >= 0.6 is 12.2 Å². The number of nitrogens with zero attached hydrogens (tertiary/aromatic N) is 2. The summed E-state index contributed by atoms with van der Waals surface area (Å²) in [6.07, 6.45) is 0. The molecule has 0 radical (unpaired) electrons. The summed E-state index contributed by atoms with van der Waals surface area (Å²) in [5.74, 6) is 1.55. The number of hydrogen-bond donors (Lipinski definition) is 4. The highest BCUT2D eigenvalue weighted by Crippen LogP contribution is 2.39. The first kappa shape index (κ1) is 21.0. The van der Waals surface area contributed by atoms with Crippen molar-refractivity contribution in [3.8, 4) is 34.3 Å². The number of benzene rings is 2. The van der Waals surface area contributed by atoms with Gasteiger partial charge >= 0.3 is 0 Å². The normalized spacial score (nSPS) is 11.7. The van der Waals surface area contributed by atoms with E-state index < -0.39 is 0 Å². The summed E-state index contributed by atoms with van der Waals surface area (Å²) < 4.78 is 7.75. The van der Waals surface area contributed by atoms with Gasteiger partial charge in [-0.15, -0.1) is 0 Å². The van der Waals surface area contributed by atoms with Crippen LogP contribution in [0.15, 0.2) is 30.3 Å². The molecule has 31 heavy (non-hydrogen) atoms. The monoisotopic (exact) mass is 438 g/mol. The van der Waals surface area contributed by atoms with Gasteiger partial charge in [0.05, 0.1) is 23.9 Å². The number of phenols is 2. The third kappa shape index (κ3) is 3.46. The third-order valence-electron chi connectivity index (χ3n) is 5.52. The number of hydrogen-bond acceptors (Lipinski definition) is 5. The zero-order valence-corrected chi connectivity index (χ0v) is 19.0. The lowest BCUT2D eigenvalue weighted by molar-refractivity contribution is 0.419. The molecule has 2 aromatic carbocycles. The fourth-order valence-electron chi connectivity index (χ4n) is 3.81. The number of aromatic amines is 2. The number of methoxy groups -OCH3 is 1. The summed E-state index contributed by atoms with van der Waals surface area (Å²) >= 11 is 5.56. The second-order valence-corrected chi connectivity index (χ2v) is 8.61. The van der Waals surface area contributed by atoms with Gasteiger partial charge in [0, 0.05) is 17.1 Å². The molecular formula is C23H26N4O3S. The first-order chi connectivity index (χ1) is 14.7. The van der Waals surface area contributed by atoms with E-state index in [9.17, 15) is 10.2 Å². The van der Waals surface area contributed by atoms with E-state index in [0.29, 0.717) is 22.1 Å². The zero-order valence-electron chi connectivity index (χ0n) is 18.1. The summed E-state index contributed by atoms with van der Waals surface area (Å²) in [6, 6.07) is 9.01. The van der Waals surface area contributed by atoms with Gasteiger partial charge in [0.2, 0.25) is 0 Å². The van der Waals surface area contributed by atoms with Crippen LogP contribution in [0.2, 0.25) is 0 Å². The molecule has 0 aliphatic heterocycles. The number of aromatic hydroxyl groups is 2. The van der Waals surface area contributed by atoms with Crippen LogP contribution in [-0.2, 0) is 0 Å². The van der Waals surface area contributed by atoms with Gasteiger partial charge in [-0.2, -0.15) is 5.10 Å². The van der Waals surface area contributed by atoms with Crippen molar-refractivity contribution in [2.45, 2.75) is 39.5 Å². The van der Waals surface area contributed by atoms with Crippen molar-refractivity contribution in [3.05, 3.63) is 46.4 Å². The molecule has 0 bridgehead atoms. The minimum atomic E-state index is -0.0705. The molecule has 4 rings (SSSR count). The molecule has 0 amide bonds. The fourth-order valence-corrected chi connectivity index (χ4v) is 4.04. The second kappa shape index (κ2) is 7.77. The molecule has 162 valence electrons. The predicted molar refractivity (Wildman–Crippen MR) is 124 cm³/mol. The van der Waals surface area contributed by atoms with Crippen molar-refractivity contribution in [3.63, 3.8) is 0 Å². The predicted octanol–water partition coefficient (Wildman–Crippen LogP) is 5.74. The summed E-state index contributed by atoms with van der Waals surface area (Å²) in [5.41, 5.74) is 3.96. The number of H-pyrrole nitrogens is 2. The number of nitrogens with one attached hydrogen (secondary N) is 2. The minimum Gasteiger partial charge on any atom is -0.508 e. The number of ether oxygens (including phenoxy) is 1. The van der Waals surface area contributed by atoms with Gasteiger partial charge in [-0.1, -0.05) is 27.7 Å². The quantitative estimate of drug-likeness (QED) is 0.298. The number of fused-ring (bicyclic) bond motifs is 1. The Morgan fingerprint density at radius 3 is 2.42 bits per heavy atom. The standard InChI is InChI=1S/C23H26N4O3S/c1-11(2)13-8-15(19(29)10-18(13)28)22-25-26-23(31)27(22)17-6-7-20(30-5)21-14(17)9-16(24-21)12(3)4/h6-12,24,28-29H,1-5H3,(H,26,31). The number of phenolic OH excluding ortho intramolecular Hbond substituents is 2. The van der Waals surface area contributed by atoms with E-state index >= 15 is 0 Å². The zero-order chi connectivity index (χ0) is 22.4. The average Bonchev–Trinajstić information content (AvgIpc) is 3.31. The van der Waals surface area contributed by atoms with Crippen LogP contribution in [0.5, 0.6) is 17.2 Å². The Balaban J connectivity index is 2.02. The molecule has 4 N–H and O–H groups in total. The van der Waals surface area contributed by atoms with Gasteiger partial charge in [0.15, 0.2) is 10.6 Å². The van der Waals surface area contributed by atoms with Gasteiger partial charge in [-0.25, -0.2) is 0 Å². The van der Waals surface area contributed by atoms with Crippen LogP contribution in [-0.4, -0.2) is 37.1 Å². The van der Waals surface area contributed by atoms with Crippen molar-refractivity contribution in [2.24, 2.45) is 0 Å². The highest BCUT2D eigenvalue weighted by molar-refractivity contribution is 7.71. The Morgan fingerprint density at radius 1 is 1.03 bits per heavy atom. The van der Waals surface area contributed by atoms with Crippen LogP contribution in [0.1, 0.15) is 50.8 Å². The second-order valence-electron chi connectivity index (χ2n) is 8.23. The summed E-state index contributed by atoms with van der Waals surface area (Å²) in [6.45, 7) is 8.20. The molecule has 2 heterocycles. The van der Waals surface area contributed by atoms with E-state index in [-0.39, 0.29) is 17.4 Å². The van der Waals surface area contributed by atoms with Gasteiger partial charge < -0.3 is 19.9 Å². The molecule has 4 aromatic rings. The van der Waals surface area contributed by atoms with E-state index in [1.807, 2.05) is 26.0 Å². The smallest absolute Gasteiger partial charge is 0.200 e. The van der Waals surface area contributed by atoms with Crippen molar-refractivity contribution >= 4 is 23.1 Å². The molecule has 0 saturated carbocycles. The fraction of sp³-hybridized carbons (Fsp3) is 0.304. The van der Waals surface area contributed by atoms with E-state index in [1.165, 1.54) is 6.07 Å². The Morgan fingerprint density at radius 2 is 1.77 bits per heavy atom. The van der Waals surface area contributed by atoms with Crippen molar-refractivity contribution in [1.82, 2.24) is 19.7 Å².